The molecule has 35 heavy (non-hydrogen) atoms. The Hall–Kier alpha value is -4.10. The van der Waals surface area contributed by atoms with Crippen molar-refractivity contribution in [3.8, 4) is 5.75 Å². The number of halogens is 1. The van der Waals surface area contributed by atoms with Crippen molar-refractivity contribution < 1.29 is 9.53 Å². The number of allylic oxidation sites excluding steroid dienone is 1. The summed E-state index contributed by atoms with van der Waals surface area (Å²) in [6.45, 7) is 4.20. The predicted molar refractivity (Wildman–Crippen MR) is 137 cm³/mol. The SMILES string of the molecule is CC1=C(C(=O)Nc2ccccc2C)[C@H](c2ccc(OCc3ccccc3Cl)cc2)n2ncnc2N1. The second-order valence-corrected chi connectivity index (χ2v) is 8.72. The summed E-state index contributed by atoms with van der Waals surface area (Å²) in [7, 11) is 0. The van der Waals surface area contributed by atoms with Gasteiger partial charge in [0.2, 0.25) is 5.95 Å². The van der Waals surface area contributed by atoms with Crippen LogP contribution in [0.15, 0.2) is 90.4 Å². The number of aryl methyl sites for hydroxylation is 1. The Morgan fingerprint density at radius 1 is 1.06 bits per heavy atom. The summed E-state index contributed by atoms with van der Waals surface area (Å²) in [5, 5.41) is 11.3. The van der Waals surface area contributed by atoms with Gasteiger partial charge in [-0.2, -0.15) is 10.1 Å². The van der Waals surface area contributed by atoms with E-state index in [9.17, 15) is 4.79 Å². The number of ether oxygens (including phenoxy) is 1. The van der Waals surface area contributed by atoms with Crippen LogP contribution >= 0.6 is 11.6 Å². The van der Waals surface area contributed by atoms with Crippen LogP contribution in [-0.4, -0.2) is 20.7 Å². The Labute approximate surface area is 208 Å². The van der Waals surface area contributed by atoms with Crippen LogP contribution in [0.1, 0.15) is 29.7 Å². The average molecular weight is 486 g/mol. The topological polar surface area (TPSA) is 81.1 Å². The van der Waals surface area contributed by atoms with Crippen LogP contribution in [0, 0.1) is 6.92 Å². The van der Waals surface area contributed by atoms with Gasteiger partial charge in [0.15, 0.2) is 0 Å². The van der Waals surface area contributed by atoms with Gasteiger partial charge in [-0.1, -0.05) is 60.1 Å². The first-order valence-electron chi connectivity index (χ1n) is 11.2. The van der Waals surface area contributed by atoms with E-state index in [0.717, 1.165) is 28.1 Å². The summed E-state index contributed by atoms with van der Waals surface area (Å²) in [5.74, 6) is 1.08. The number of nitrogens with one attached hydrogen (secondary N) is 2. The number of hydrogen-bond acceptors (Lipinski definition) is 5. The summed E-state index contributed by atoms with van der Waals surface area (Å²) in [4.78, 5) is 17.8. The molecule has 0 radical (unpaired) electrons. The van der Waals surface area contributed by atoms with Gasteiger partial charge < -0.3 is 15.4 Å². The maximum absolute atomic E-state index is 13.5. The highest BCUT2D eigenvalue weighted by Gasteiger charge is 2.33. The molecule has 176 valence electrons. The van der Waals surface area contributed by atoms with Gasteiger partial charge in [-0.05, 0) is 49.2 Å². The molecule has 4 aromatic rings. The molecule has 0 saturated heterocycles. The molecule has 1 aliphatic heterocycles. The van der Waals surface area contributed by atoms with Crippen LogP contribution < -0.4 is 15.4 Å². The maximum atomic E-state index is 13.5. The third-order valence-electron chi connectivity index (χ3n) is 5.98. The van der Waals surface area contributed by atoms with E-state index in [-0.39, 0.29) is 5.91 Å². The fraction of sp³-hybridized carbons (Fsp3) is 0.148. The van der Waals surface area contributed by atoms with Crippen molar-refractivity contribution in [2.24, 2.45) is 0 Å². The third-order valence-corrected chi connectivity index (χ3v) is 6.35. The molecule has 2 heterocycles. The number of benzene rings is 3. The van der Waals surface area contributed by atoms with Crippen LogP contribution in [0.2, 0.25) is 5.02 Å². The molecule has 0 fully saturated rings. The van der Waals surface area contributed by atoms with E-state index in [2.05, 4.69) is 20.7 Å². The number of para-hydroxylation sites is 1. The highest BCUT2D eigenvalue weighted by atomic mass is 35.5. The first kappa shape index (κ1) is 22.7. The average Bonchev–Trinajstić information content (AvgIpc) is 3.32. The second kappa shape index (κ2) is 9.64. The first-order chi connectivity index (χ1) is 17.0. The molecule has 5 rings (SSSR count). The molecular formula is C27H24ClN5O2. The third kappa shape index (κ3) is 4.63. The van der Waals surface area contributed by atoms with Crippen LogP contribution in [-0.2, 0) is 11.4 Å². The Morgan fingerprint density at radius 3 is 2.57 bits per heavy atom. The zero-order chi connectivity index (χ0) is 24.4. The number of anilines is 2. The minimum Gasteiger partial charge on any atom is -0.489 e. The fourth-order valence-corrected chi connectivity index (χ4v) is 4.31. The number of aromatic nitrogens is 3. The van der Waals surface area contributed by atoms with E-state index >= 15 is 0 Å². The standard InChI is InChI=1S/C27H24ClN5O2/c1-17-7-3-6-10-23(17)32-26(34)24-18(2)31-27-29-16-30-33(27)25(24)19-11-13-21(14-12-19)35-15-20-8-4-5-9-22(20)28/h3-14,16,25H,15H2,1-2H3,(H,32,34)(H,29,30,31)/t25-/m0/s1. The fourth-order valence-electron chi connectivity index (χ4n) is 4.12. The van der Waals surface area contributed by atoms with Crippen molar-refractivity contribution in [1.82, 2.24) is 14.8 Å². The summed E-state index contributed by atoms with van der Waals surface area (Å²) >= 11 is 6.24. The van der Waals surface area contributed by atoms with E-state index in [4.69, 9.17) is 16.3 Å². The lowest BCUT2D eigenvalue weighted by atomic mass is 9.95. The largest absolute Gasteiger partial charge is 0.489 e. The Morgan fingerprint density at radius 2 is 1.80 bits per heavy atom. The van der Waals surface area contributed by atoms with E-state index in [0.29, 0.717) is 28.9 Å². The normalized spacial score (nSPS) is 14.8. The van der Waals surface area contributed by atoms with Crippen LogP contribution in [0.5, 0.6) is 5.75 Å². The zero-order valence-corrected chi connectivity index (χ0v) is 20.1. The Bertz CT molecular complexity index is 1410. The summed E-state index contributed by atoms with van der Waals surface area (Å²) in [5.41, 5.74) is 4.84. The Balaban J connectivity index is 1.42. The van der Waals surface area contributed by atoms with Gasteiger partial charge in [-0.15, -0.1) is 0 Å². The van der Waals surface area contributed by atoms with Crippen molar-refractivity contribution in [2.75, 3.05) is 10.6 Å². The molecule has 0 bridgehead atoms. The number of amides is 1. The maximum Gasteiger partial charge on any atom is 0.255 e. The molecule has 1 amide bonds. The quantitative estimate of drug-likeness (QED) is 0.363. The van der Waals surface area contributed by atoms with Gasteiger partial charge >= 0.3 is 0 Å². The van der Waals surface area contributed by atoms with Crippen LogP contribution in [0.4, 0.5) is 11.6 Å². The molecule has 0 aliphatic carbocycles. The highest BCUT2D eigenvalue weighted by molar-refractivity contribution is 6.31. The van der Waals surface area contributed by atoms with Gasteiger partial charge in [-0.3, -0.25) is 4.79 Å². The molecule has 7 nitrogen and oxygen atoms in total. The molecule has 1 aromatic heterocycles. The molecule has 3 aromatic carbocycles. The molecule has 1 aliphatic rings. The molecule has 0 unspecified atom stereocenters. The lowest BCUT2D eigenvalue weighted by molar-refractivity contribution is -0.113. The summed E-state index contributed by atoms with van der Waals surface area (Å²) in [6.07, 6.45) is 1.48. The van der Waals surface area contributed by atoms with Gasteiger partial charge in [0.05, 0.1) is 5.57 Å². The van der Waals surface area contributed by atoms with Gasteiger partial charge in [0.1, 0.15) is 24.7 Å². The number of hydrogen-bond donors (Lipinski definition) is 2. The zero-order valence-electron chi connectivity index (χ0n) is 19.3. The first-order valence-corrected chi connectivity index (χ1v) is 11.6. The van der Waals surface area contributed by atoms with Gasteiger partial charge in [0, 0.05) is 22.0 Å². The Kier molecular flexibility index (Phi) is 6.25. The smallest absolute Gasteiger partial charge is 0.255 e. The van der Waals surface area contributed by atoms with Crippen molar-refractivity contribution in [3.05, 3.63) is 112 Å². The monoisotopic (exact) mass is 485 g/mol. The minimum absolute atomic E-state index is 0.200. The van der Waals surface area contributed by atoms with E-state index in [1.165, 1.54) is 6.33 Å². The lowest BCUT2D eigenvalue weighted by Crippen LogP contribution is -2.31. The summed E-state index contributed by atoms with van der Waals surface area (Å²) in [6, 6.07) is 22.5. The molecular weight excluding hydrogens is 462 g/mol. The molecule has 2 N–H and O–H groups in total. The molecule has 0 saturated carbocycles. The second-order valence-electron chi connectivity index (χ2n) is 8.31. The number of carbonyl (C=O) groups excluding carboxylic acids is 1. The number of carbonyl (C=O) groups is 1. The molecule has 0 spiro atoms. The summed E-state index contributed by atoms with van der Waals surface area (Å²) < 4.78 is 7.66. The highest BCUT2D eigenvalue weighted by Crippen LogP contribution is 2.36. The number of fused-ring (bicyclic) bond motifs is 1. The number of rotatable bonds is 6. The lowest BCUT2D eigenvalue weighted by Gasteiger charge is -2.29. The van der Waals surface area contributed by atoms with Gasteiger partial charge in [-0.25, -0.2) is 4.68 Å². The van der Waals surface area contributed by atoms with Crippen LogP contribution in [0.3, 0.4) is 0 Å². The van der Waals surface area contributed by atoms with E-state index in [1.807, 2.05) is 86.6 Å². The van der Waals surface area contributed by atoms with Crippen molar-refractivity contribution in [3.63, 3.8) is 0 Å². The molecule has 1 atom stereocenters. The van der Waals surface area contributed by atoms with Crippen LogP contribution in [0.25, 0.3) is 0 Å². The molecule has 8 heteroatoms. The van der Waals surface area contributed by atoms with Crippen molar-refractivity contribution >= 4 is 29.1 Å². The predicted octanol–water partition coefficient (Wildman–Crippen LogP) is 5.75. The van der Waals surface area contributed by atoms with Crippen molar-refractivity contribution in [1.29, 1.82) is 0 Å². The van der Waals surface area contributed by atoms with E-state index in [1.54, 1.807) is 4.68 Å². The van der Waals surface area contributed by atoms with Crippen molar-refractivity contribution in [2.45, 2.75) is 26.5 Å². The number of nitrogens with zero attached hydrogens (tertiary/aromatic N) is 3. The van der Waals surface area contributed by atoms with Gasteiger partial charge in [0.25, 0.3) is 5.91 Å². The van der Waals surface area contributed by atoms with E-state index < -0.39 is 6.04 Å². The minimum atomic E-state index is -0.449.